The maximum Gasteiger partial charge on any atom is 0.0445 e. The van der Waals surface area contributed by atoms with Gasteiger partial charge in [-0.25, -0.2) is 0 Å². The molecule has 0 aliphatic carbocycles. The van der Waals surface area contributed by atoms with E-state index in [1.807, 2.05) is 13.8 Å². The first-order valence-electron chi connectivity index (χ1n) is 7.86. The Kier molecular flexibility index (Phi) is 21.2. The van der Waals surface area contributed by atoms with Gasteiger partial charge in [-0.1, -0.05) is 53.4 Å². The topological polar surface area (TPSA) is 80.3 Å². The summed E-state index contributed by atoms with van der Waals surface area (Å²) < 4.78 is 0. The molecule has 0 aromatic rings. The molecule has 0 aromatic carbocycles. The molecule has 0 rings (SSSR count). The Bertz CT molecular complexity index is 231. The maximum absolute atomic E-state index is 10.3. The van der Waals surface area contributed by atoms with Crippen molar-refractivity contribution in [3.63, 3.8) is 0 Å². The summed E-state index contributed by atoms with van der Waals surface area (Å²) in [5, 5.41) is 20.7. The van der Waals surface area contributed by atoms with Crippen LogP contribution in [0.3, 0.4) is 0 Å². The molecule has 2 unspecified atom stereocenters. The minimum Gasteiger partial charge on any atom is -0.550 e. The Morgan fingerprint density at radius 3 is 1.19 bits per heavy atom. The fraction of sp³-hybridized carbons (Fsp3) is 0.875. The average Bonchev–Trinajstić information content (AvgIpc) is 2.40. The van der Waals surface area contributed by atoms with Gasteiger partial charge in [-0.15, -0.1) is 0 Å². The second-order valence-electron chi connectivity index (χ2n) is 5.13. The summed E-state index contributed by atoms with van der Waals surface area (Å²) in [6.07, 6.45) is 7.04. The fourth-order valence-corrected chi connectivity index (χ4v) is 1.88. The zero-order chi connectivity index (χ0) is 16.0. The largest absolute Gasteiger partial charge is 0.550 e. The van der Waals surface area contributed by atoms with Gasteiger partial charge in [0, 0.05) is 29.0 Å². The molecule has 5 heteroatoms. The van der Waals surface area contributed by atoms with Gasteiger partial charge in [-0.05, 0) is 37.5 Å². The summed E-state index contributed by atoms with van der Waals surface area (Å²) in [5.41, 5.74) is 0. The predicted molar refractivity (Wildman–Crippen MR) is 76.6 cm³/mol. The average molecular weight is 350 g/mol. The van der Waals surface area contributed by atoms with Crippen LogP contribution in [0.2, 0.25) is 0 Å². The van der Waals surface area contributed by atoms with E-state index in [0.29, 0.717) is 12.8 Å². The number of rotatable bonds is 10. The molecule has 4 nitrogen and oxygen atoms in total. The molecular weight excluding hydrogens is 320 g/mol. The van der Waals surface area contributed by atoms with Crippen molar-refractivity contribution in [3.8, 4) is 0 Å². The van der Waals surface area contributed by atoms with Crippen molar-refractivity contribution in [2.75, 3.05) is 0 Å². The summed E-state index contributed by atoms with van der Waals surface area (Å²) >= 11 is 0. The van der Waals surface area contributed by atoms with E-state index in [1.165, 1.54) is 0 Å². The number of aliphatic carboxylic acids is 2. The van der Waals surface area contributed by atoms with Crippen molar-refractivity contribution in [3.05, 3.63) is 0 Å². The zero-order valence-corrected chi connectivity index (χ0v) is 14.7. The molecule has 0 fully saturated rings. The minimum absolute atomic E-state index is 0. The predicted octanol–water partition coefficient (Wildman–Crippen LogP) is 1.90. The number of carboxylic acid groups (broad SMARTS) is 2. The SMILES string of the molecule is CCCCC(CC)C(=O)[O-].CCCCC(CC)C(=O)[O-].[Cu]. The van der Waals surface area contributed by atoms with E-state index in [-0.39, 0.29) is 28.9 Å². The van der Waals surface area contributed by atoms with Crippen LogP contribution >= 0.6 is 0 Å². The van der Waals surface area contributed by atoms with Crippen LogP contribution in [0.5, 0.6) is 0 Å². The first kappa shape index (κ1) is 25.4. The summed E-state index contributed by atoms with van der Waals surface area (Å²) in [6.45, 7) is 7.89. The number of hydrogen-bond acceptors (Lipinski definition) is 4. The Morgan fingerprint density at radius 2 is 1.05 bits per heavy atom. The molecule has 0 N–H and O–H groups in total. The number of carbonyl (C=O) groups excluding carboxylic acids is 2. The second kappa shape index (κ2) is 17.5. The maximum atomic E-state index is 10.3. The van der Waals surface area contributed by atoms with Crippen molar-refractivity contribution < 1.29 is 36.9 Å². The molecule has 1 radical (unpaired) electrons. The fourth-order valence-electron chi connectivity index (χ4n) is 1.88. The minimum atomic E-state index is -0.893. The van der Waals surface area contributed by atoms with Gasteiger partial charge in [0.15, 0.2) is 0 Å². The first-order valence-corrected chi connectivity index (χ1v) is 7.86. The third-order valence-corrected chi connectivity index (χ3v) is 3.46. The molecule has 131 valence electrons. The van der Waals surface area contributed by atoms with Crippen molar-refractivity contribution in [1.82, 2.24) is 0 Å². The molecule has 0 heterocycles. The Balaban J connectivity index is -0.000000295. The molecular formula is C16H30CuO4-2. The van der Waals surface area contributed by atoms with Gasteiger partial charge in [-0.2, -0.15) is 0 Å². The second-order valence-corrected chi connectivity index (χ2v) is 5.13. The quantitative estimate of drug-likeness (QED) is 0.564. The van der Waals surface area contributed by atoms with Crippen molar-refractivity contribution in [2.24, 2.45) is 11.8 Å². The molecule has 0 bridgehead atoms. The summed E-state index contributed by atoms with van der Waals surface area (Å²) in [5.74, 6) is -2.23. The summed E-state index contributed by atoms with van der Waals surface area (Å²) in [4.78, 5) is 20.7. The van der Waals surface area contributed by atoms with Gasteiger partial charge in [-0.3, -0.25) is 0 Å². The normalized spacial score (nSPS) is 12.4. The van der Waals surface area contributed by atoms with Crippen LogP contribution in [0.15, 0.2) is 0 Å². The molecule has 0 aromatic heterocycles. The molecule has 0 amide bonds. The number of hydrogen-bond donors (Lipinski definition) is 0. The van der Waals surface area contributed by atoms with Crippen LogP contribution in [0, 0.1) is 11.8 Å². The van der Waals surface area contributed by atoms with Crippen LogP contribution in [0.25, 0.3) is 0 Å². The zero-order valence-electron chi connectivity index (χ0n) is 13.7. The molecule has 21 heavy (non-hydrogen) atoms. The van der Waals surface area contributed by atoms with Gasteiger partial charge in [0.2, 0.25) is 0 Å². The Morgan fingerprint density at radius 1 is 0.762 bits per heavy atom. The van der Waals surface area contributed by atoms with E-state index in [1.54, 1.807) is 0 Å². The monoisotopic (exact) mass is 349 g/mol. The van der Waals surface area contributed by atoms with Crippen molar-refractivity contribution >= 4 is 11.9 Å². The number of unbranched alkanes of at least 4 members (excludes halogenated alkanes) is 2. The van der Waals surface area contributed by atoms with E-state index in [0.717, 1.165) is 38.5 Å². The van der Waals surface area contributed by atoms with E-state index < -0.39 is 11.9 Å². The van der Waals surface area contributed by atoms with Crippen molar-refractivity contribution in [2.45, 2.75) is 79.1 Å². The van der Waals surface area contributed by atoms with Crippen LogP contribution < -0.4 is 10.2 Å². The number of carboxylic acids is 2. The summed E-state index contributed by atoms with van der Waals surface area (Å²) in [7, 11) is 0. The molecule has 2 atom stereocenters. The molecule has 0 saturated heterocycles. The van der Waals surface area contributed by atoms with Gasteiger partial charge >= 0.3 is 0 Å². The molecule has 0 saturated carbocycles. The molecule has 0 aliphatic rings. The first-order chi connectivity index (χ1) is 9.44. The number of carbonyl (C=O) groups is 2. The Hall–Kier alpha value is -0.541. The van der Waals surface area contributed by atoms with Crippen LogP contribution in [-0.4, -0.2) is 11.9 Å². The van der Waals surface area contributed by atoms with Gasteiger partial charge in [0.05, 0.1) is 0 Å². The third kappa shape index (κ3) is 15.7. The van der Waals surface area contributed by atoms with Crippen LogP contribution in [0.1, 0.15) is 79.1 Å². The molecule has 0 aliphatic heterocycles. The summed E-state index contributed by atoms with van der Waals surface area (Å²) in [6, 6.07) is 0. The van der Waals surface area contributed by atoms with E-state index >= 15 is 0 Å². The smallest absolute Gasteiger partial charge is 0.0445 e. The van der Waals surface area contributed by atoms with Gasteiger partial charge < -0.3 is 19.8 Å². The van der Waals surface area contributed by atoms with E-state index in [9.17, 15) is 19.8 Å². The van der Waals surface area contributed by atoms with Gasteiger partial charge in [0.1, 0.15) is 0 Å². The van der Waals surface area contributed by atoms with Crippen LogP contribution in [0.4, 0.5) is 0 Å². The van der Waals surface area contributed by atoms with E-state index in [4.69, 9.17) is 0 Å². The Labute approximate surface area is 140 Å². The third-order valence-electron chi connectivity index (χ3n) is 3.46. The van der Waals surface area contributed by atoms with E-state index in [2.05, 4.69) is 13.8 Å². The van der Waals surface area contributed by atoms with Gasteiger partial charge in [0.25, 0.3) is 0 Å². The van der Waals surface area contributed by atoms with Crippen LogP contribution in [-0.2, 0) is 26.7 Å². The van der Waals surface area contributed by atoms with Crippen molar-refractivity contribution in [1.29, 1.82) is 0 Å². The standard InChI is InChI=1S/2C8H16O2.Cu/c2*1-3-5-6-7(4-2)8(9)10;/h2*7H,3-6H2,1-2H3,(H,9,10);/p-2. The molecule has 0 spiro atoms.